The molecule has 0 spiro atoms. The van der Waals surface area contributed by atoms with Crippen molar-refractivity contribution in [2.45, 2.75) is 26.2 Å². The Balaban J connectivity index is 0. The van der Waals surface area contributed by atoms with E-state index in [2.05, 4.69) is 10.2 Å². The molecular weight excluding hydrogens is 394 g/mol. The van der Waals surface area contributed by atoms with Gasteiger partial charge in [0, 0.05) is 33.3 Å². The summed E-state index contributed by atoms with van der Waals surface area (Å²) in [6.07, 6.45) is 10.1. The van der Waals surface area contributed by atoms with Crippen LogP contribution in [-0.4, -0.2) is 82.3 Å². The first-order chi connectivity index (χ1) is 12.3. The van der Waals surface area contributed by atoms with Crippen molar-refractivity contribution in [3.63, 3.8) is 0 Å². The summed E-state index contributed by atoms with van der Waals surface area (Å²) in [5.41, 5.74) is 0. The maximum Gasteiger partial charge on any atom is 0.243 e. The van der Waals surface area contributed by atoms with Crippen LogP contribution in [-0.2, 0) is 24.3 Å². The summed E-state index contributed by atoms with van der Waals surface area (Å²) in [6.45, 7) is 4.67. The molecule has 162 valence electrons. The third-order valence-electron chi connectivity index (χ3n) is 2.83. The molecule has 1 fully saturated rings. The van der Waals surface area contributed by atoms with E-state index in [4.69, 9.17) is 4.74 Å². The molecule has 27 heavy (non-hydrogen) atoms. The first-order valence-electron chi connectivity index (χ1n) is 8.35. The van der Waals surface area contributed by atoms with E-state index in [1.165, 1.54) is 71.0 Å². The summed E-state index contributed by atoms with van der Waals surface area (Å²) >= 11 is 0. The van der Waals surface area contributed by atoms with Crippen molar-refractivity contribution in [2.75, 3.05) is 52.7 Å². The number of methoxy groups -OCH3 is 1. The van der Waals surface area contributed by atoms with E-state index in [0.29, 0.717) is 0 Å². The third-order valence-corrected chi connectivity index (χ3v) is 5.64. The largest absolute Gasteiger partial charge is 0.801 e. The summed E-state index contributed by atoms with van der Waals surface area (Å²) in [4.78, 5) is 22.9. The number of nitrogens with one attached hydrogen (secondary N) is 2. The molecule has 1 aliphatic rings. The van der Waals surface area contributed by atoms with E-state index in [-0.39, 0.29) is 11.7 Å². The Labute approximate surface area is 165 Å². The van der Waals surface area contributed by atoms with Gasteiger partial charge in [-0.1, -0.05) is 6.42 Å². The van der Waals surface area contributed by atoms with Gasteiger partial charge in [-0.05, 0) is 38.4 Å². The zero-order valence-electron chi connectivity index (χ0n) is 17.1. The van der Waals surface area contributed by atoms with Crippen molar-refractivity contribution >= 4 is 32.2 Å². The Hall–Kier alpha value is -0.980. The number of ketones is 1. The number of sulfonamides is 1. The van der Waals surface area contributed by atoms with E-state index < -0.39 is 20.5 Å². The number of hydrogen-bond acceptors (Lipinski definition) is 7. The van der Waals surface area contributed by atoms with Crippen LogP contribution in [0.4, 0.5) is 0 Å². The van der Waals surface area contributed by atoms with Gasteiger partial charge >= 0.3 is 0 Å². The Morgan fingerprint density at radius 2 is 1.63 bits per heavy atom. The zero-order chi connectivity index (χ0) is 21.5. The SMILES string of the molecule is CNC(=O)/C=C\C(C)=O.COCN1CCCCC1.CS(C)([O-])NS(C)(=O)=O. The smallest absolute Gasteiger partial charge is 0.243 e. The molecular formula is C16H34N3O6S2-. The van der Waals surface area contributed by atoms with Gasteiger partial charge in [0.2, 0.25) is 15.9 Å². The van der Waals surface area contributed by atoms with Crippen molar-refractivity contribution in [2.24, 2.45) is 0 Å². The normalized spacial score (nSPS) is 15.8. The summed E-state index contributed by atoms with van der Waals surface area (Å²) in [5, 5.41) is 2.34. The number of amides is 1. The van der Waals surface area contributed by atoms with E-state index in [1.54, 1.807) is 7.11 Å². The number of ether oxygens (including phenoxy) is 1. The molecule has 0 bridgehead atoms. The number of rotatable bonds is 6. The molecule has 0 unspecified atom stereocenters. The van der Waals surface area contributed by atoms with Crippen LogP contribution in [0.3, 0.4) is 0 Å². The average molecular weight is 429 g/mol. The lowest BCUT2D eigenvalue weighted by molar-refractivity contribution is -0.117. The van der Waals surface area contributed by atoms with E-state index >= 15 is 0 Å². The Bertz CT molecular complexity index is 550. The molecule has 0 aromatic carbocycles. The molecule has 1 rings (SSSR count). The van der Waals surface area contributed by atoms with Crippen molar-refractivity contribution < 1.29 is 27.3 Å². The minimum absolute atomic E-state index is 0.126. The minimum Gasteiger partial charge on any atom is -0.801 e. The molecule has 1 saturated heterocycles. The monoisotopic (exact) mass is 428 g/mol. The second kappa shape index (κ2) is 15.0. The third kappa shape index (κ3) is 25.0. The predicted octanol–water partition coefficient (Wildman–Crippen LogP) is 0.599. The molecule has 1 amide bonds. The van der Waals surface area contributed by atoms with Crippen LogP contribution >= 0.6 is 10.5 Å². The van der Waals surface area contributed by atoms with Crippen LogP contribution in [0, 0.1) is 0 Å². The van der Waals surface area contributed by atoms with Crippen LogP contribution in [0.15, 0.2) is 12.2 Å². The second-order valence-electron chi connectivity index (χ2n) is 6.24. The fourth-order valence-corrected chi connectivity index (χ4v) is 4.83. The number of nitrogens with zero attached hydrogens (tertiary/aromatic N) is 1. The van der Waals surface area contributed by atoms with Gasteiger partial charge in [-0.3, -0.25) is 25.0 Å². The Morgan fingerprint density at radius 1 is 1.11 bits per heavy atom. The van der Waals surface area contributed by atoms with Crippen LogP contribution in [0.2, 0.25) is 0 Å². The van der Waals surface area contributed by atoms with E-state index in [9.17, 15) is 22.6 Å². The van der Waals surface area contributed by atoms with Crippen molar-refractivity contribution in [1.29, 1.82) is 0 Å². The van der Waals surface area contributed by atoms with Gasteiger partial charge in [0.05, 0.1) is 13.0 Å². The lowest BCUT2D eigenvalue weighted by Gasteiger charge is -2.37. The van der Waals surface area contributed by atoms with Gasteiger partial charge in [-0.15, -0.1) is 0 Å². The molecule has 11 heteroatoms. The lowest BCUT2D eigenvalue weighted by atomic mass is 10.1. The maximum absolute atomic E-state index is 10.7. The van der Waals surface area contributed by atoms with Crippen LogP contribution < -0.4 is 9.44 Å². The molecule has 9 nitrogen and oxygen atoms in total. The maximum atomic E-state index is 10.7. The Morgan fingerprint density at radius 3 is 1.93 bits per heavy atom. The molecule has 0 aromatic rings. The topological polar surface area (TPSA) is 128 Å². The number of carbonyl (C=O) groups is 2. The number of carbonyl (C=O) groups excluding carboxylic acids is 2. The summed E-state index contributed by atoms with van der Waals surface area (Å²) in [7, 11) is -2.41. The first-order valence-corrected chi connectivity index (χ1v) is 12.6. The number of piperidine rings is 1. The standard InChI is InChI=1S/C7H15NO.C6H9NO2.C3H11NO3S2/c1-9-7-8-5-3-2-4-6-8;1-5(8)3-4-6(9)7-2;1-8(2,5)4-9(3,6)7/h2-7H2,1H3;3-4H,1-2H3,(H,7,9);4-5H,1-3H3/p-1/b;4-3-;. The molecule has 1 heterocycles. The number of likely N-dealkylation sites (N-methyl/N-ethyl adjacent to an activating group) is 1. The van der Waals surface area contributed by atoms with Gasteiger partial charge in [0.15, 0.2) is 5.78 Å². The summed E-state index contributed by atoms with van der Waals surface area (Å²) in [5.74, 6) is -0.385. The van der Waals surface area contributed by atoms with Gasteiger partial charge in [-0.2, -0.15) is 4.13 Å². The zero-order valence-corrected chi connectivity index (χ0v) is 18.7. The highest BCUT2D eigenvalue weighted by Crippen LogP contribution is 2.28. The van der Waals surface area contributed by atoms with Crippen molar-refractivity contribution in [3.05, 3.63) is 12.2 Å². The lowest BCUT2D eigenvalue weighted by Crippen LogP contribution is -2.31. The summed E-state index contributed by atoms with van der Waals surface area (Å²) in [6, 6.07) is 0. The highest BCUT2D eigenvalue weighted by atomic mass is 32.3. The van der Waals surface area contributed by atoms with Crippen LogP contribution in [0.25, 0.3) is 0 Å². The van der Waals surface area contributed by atoms with Gasteiger partial charge < -0.3 is 14.6 Å². The molecule has 0 saturated carbocycles. The van der Waals surface area contributed by atoms with E-state index in [1.807, 2.05) is 4.13 Å². The molecule has 0 atom stereocenters. The fourth-order valence-electron chi connectivity index (χ4n) is 1.91. The highest BCUT2D eigenvalue weighted by Gasteiger charge is 2.07. The van der Waals surface area contributed by atoms with Gasteiger partial charge in [-0.25, -0.2) is 8.42 Å². The molecule has 0 aromatic heterocycles. The fraction of sp³-hybridized carbons (Fsp3) is 0.750. The molecule has 1 aliphatic heterocycles. The molecule has 2 N–H and O–H groups in total. The first kappa shape index (κ1) is 28.2. The van der Waals surface area contributed by atoms with Crippen molar-refractivity contribution in [3.8, 4) is 0 Å². The van der Waals surface area contributed by atoms with Gasteiger partial charge in [0.1, 0.15) is 0 Å². The minimum atomic E-state index is -3.31. The summed E-state index contributed by atoms with van der Waals surface area (Å²) < 4.78 is 38.4. The van der Waals surface area contributed by atoms with E-state index in [0.717, 1.165) is 13.0 Å². The predicted molar refractivity (Wildman–Crippen MR) is 109 cm³/mol. The second-order valence-corrected chi connectivity index (χ2v) is 10.9. The Kier molecular flexibility index (Phi) is 15.7. The average Bonchev–Trinajstić information content (AvgIpc) is 2.51. The quantitative estimate of drug-likeness (QED) is 0.593. The number of hydrogen-bond donors (Lipinski definition) is 2. The van der Waals surface area contributed by atoms with Gasteiger partial charge in [0.25, 0.3) is 0 Å². The molecule has 0 aliphatic carbocycles. The number of likely N-dealkylation sites (tertiary alicyclic amines) is 1. The highest BCUT2D eigenvalue weighted by molar-refractivity contribution is 8.31. The number of allylic oxidation sites excluding steroid dienone is 1. The van der Waals surface area contributed by atoms with Crippen molar-refractivity contribution in [1.82, 2.24) is 14.3 Å². The van der Waals surface area contributed by atoms with Crippen LogP contribution in [0.1, 0.15) is 26.2 Å². The van der Waals surface area contributed by atoms with Crippen LogP contribution in [0.5, 0.6) is 0 Å². The molecule has 0 radical (unpaired) electrons.